The second-order valence-corrected chi connectivity index (χ2v) is 5.22. The van der Waals surface area contributed by atoms with Gasteiger partial charge in [0.1, 0.15) is 5.78 Å². The van der Waals surface area contributed by atoms with Crippen molar-refractivity contribution in [2.45, 2.75) is 25.8 Å². The summed E-state index contributed by atoms with van der Waals surface area (Å²) in [5, 5.41) is 0. The third kappa shape index (κ3) is 3.53. The van der Waals surface area contributed by atoms with Crippen molar-refractivity contribution in [2.24, 2.45) is 5.92 Å². The highest BCUT2D eigenvalue weighted by molar-refractivity contribution is 5.83. The molecule has 1 atom stereocenters. The predicted octanol–water partition coefficient (Wildman–Crippen LogP) is 2.64. The lowest BCUT2D eigenvalue weighted by atomic mass is 10.1. The van der Waals surface area contributed by atoms with Gasteiger partial charge in [-0.25, -0.2) is 4.39 Å². The molecule has 104 valence electrons. The van der Waals surface area contributed by atoms with Crippen molar-refractivity contribution in [2.75, 3.05) is 20.7 Å². The Morgan fingerprint density at radius 3 is 2.84 bits per heavy atom. The molecule has 19 heavy (non-hydrogen) atoms. The van der Waals surface area contributed by atoms with Gasteiger partial charge >= 0.3 is 0 Å². The Kier molecular flexibility index (Phi) is 4.53. The molecule has 0 aromatic heterocycles. The lowest BCUT2D eigenvalue weighted by molar-refractivity contribution is -0.121. The molecule has 0 N–H and O–H groups in total. The summed E-state index contributed by atoms with van der Waals surface area (Å²) < 4.78 is 18.5. The van der Waals surface area contributed by atoms with E-state index in [0.717, 1.165) is 31.4 Å². The minimum absolute atomic E-state index is 0.160. The molecule has 1 aliphatic rings. The lowest BCUT2D eigenvalue weighted by Gasteiger charge is -2.20. The number of ketones is 1. The smallest absolute Gasteiger partial charge is 0.165 e. The van der Waals surface area contributed by atoms with Crippen molar-refractivity contribution in [1.82, 2.24) is 4.90 Å². The second kappa shape index (κ2) is 6.15. The number of carbonyl (C=O) groups is 1. The Morgan fingerprint density at radius 1 is 1.47 bits per heavy atom. The highest BCUT2D eigenvalue weighted by Gasteiger charge is 2.25. The number of carbonyl (C=O) groups excluding carboxylic acids is 1. The third-order valence-electron chi connectivity index (χ3n) is 3.63. The van der Waals surface area contributed by atoms with Crippen molar-refractivity contribution >= 4 is 5.78 Å². The van der Waals surface area contributed by atoms with Crippen molar-refractivity contribution in [3.63, 3.8) is 0 Å². The number of rotatable bonds is 5. The fourth-order valence-electron chi connectivity index (χ4n) is 2.64. The van der Waals surface area contributed by atoms with E-state index < -0.39 is 0 Å². The molecule has 1 aliphatic carbocycles. The van der Waals surface area contributed by atoms with E-state index in [9.17, 15) is 9.18 Å². The number of benzene rings is 1. The lowest BCUT2D eigenvalue weighted by Crippen LogP contribution is -2.27. The molecular formula is C15H20FNO2. The van der Waals surface area contributed by atoms with Gasteiger partial charge in [-0.1, -0.05) is 6.07 Å². The van der Waals surface area contributed by atoms with Crippen LogP contribution in [0.3, 0.4) is 0 Å². The zero-order valence-corrected chi connectivity index (χ0v) is 11.5. The molecule has 3 nitrogen and oxygen atoms in total. The van der Waals surface area contributed by atoms with E-state index in [1.54, 1.807) is 6.07 Å². The van der Waals surface area contributed by atoms with Crippen molar-refractivity contribution in [1.29, 1.82) is 0 Å². The molecule has 0 radical (unpaired) electrons. The average Bonchev–Trinajstić information content (AvgIpc) is 2.75. The van der Waals surface area contributed by atoms with Gasteiger partial charge in [-0.3, -0.25) is 4.79 Å². The molecule has 0 aliphatic heterocycles. The molecule has 2 rings (SSSR count). The number of nitrogens with zero attached hydrogens (tertiary/aromatic N) is 1. The first kappa shape index (κ1) is 14.0. The standard InChI is InChI=1S/C15H20FNO2/c1-17(10-12-4-3-5-14(12)18)9-11-6-7-15(19-2)13(16)8-11/h6-8,12H,3-5,9-10H2,1-2H3. The number of Topliss-reactive ketones (excluding diaryl/α,β-unsaturated/α-hetero) is 1. The molecule has 0 bridgehead atoms. The van der Waals surface area contributed by atoms with Gasteiger partial charge in [0.25, 0.3) is 0 Å². The SMILES string of the molecule is COc1ccc(CN(C)CC2CCCC2=O)cc1F. The summed E-state index contributed by atoms with van der Waals surface area (Å²) in [5.41, 5.74) is 0.895. The van der Waals surface area contributed by atoms with E-state index in [1.165, 1.54) is 13.2 Å². The van der Waals surface area contributed by atoms with E-state index in [4.69, 9.17) is 4.74 Å². The van der Waals surface area contributed by atoms with E-state index in [0.29, 0.717) is 12.3 Å². The quantitative estimate of drug-likeness (QED) is 0.819. The van der Waals surface area contributed by atoms with Crippen molar-refractivity contribution in [3.8, 4) is 5.75 Å². The van der Waals surface area contributed by atoms with Gasteiger partial charge in [-0.05, 0) is 37.6 Å². The summed E-state index contributed by atoms with van der Waals surface area (Å²) in [6.45, 7) is 1.40. The number of ether oxygens (including phenoxy) is 1. The Labute approximate surface area is 113 Å². The van der Waals surface area contributed by atoms with Crippen LogP contribution in [0, 0.1) is 11.7 Å². The Bertz CT molecular complexity index is 461. The molecule has 1 unspecified atom stereocenters. The van der Waals surface area contributed by atoms with Gasteiger partial charge < -0.3 is 9.64 Å². The molecule has 0 amide bonds. The van der Waals surface area contributed by atoms with Crippen LogP contribution in [0.4, 0.5) is 4.39 Å². The molecular weight excluding hydrogens is 245 g/mol. The highest BCUT2D eigenvalue weighted by atomic mass is 19.1. The van der Waals surface area contributed by atoms with Crippen LogP contribution < -0.4 is 4.74 Å². The fourth-order valence-corrected chi connectivity index (χ4v) is 2.64. The number of halogens is 1. The molecule has 1 saturated carbocycles. The van der Waals surface area contributed by atoms with E-state index in [2.05, 4.69) is 4.90 Å². The van der Waals surface area contributed by atoms with Crippen LogP contribution in [0.25, 0.3) is 0 Å². The maximum absolute atomic E-state index is 13.6. The molecule has 1 aromatic rings. The highest BCUT2D eigenvalue weighted by Crippen LogP contribution is 2.23. The summed E-state index contributed by atoms with van der Waals surface area (Å²) in [5.74, 6) is 0.448. The van der Waals surface area contributed by atoms with Crippen LogP contribution >= 0.6 is 0 Å². The molecule has 0 spiro atoms. The normalized spacial score (nSPS) is 19.2. The monoisotopic (exact) mass is 265 g/mol. The van der Waals surface area contributed by atoms with Gasteiger partial charge in [-0.15, -0.1) is 0 Å². The predicted molar refractivity (Wildman–Crippen MR) is 71.6 cm³/mol. The van der Waals surface area contributed by atoms with Gasteiger partial charge in [0.05, 0.1) is 7.11 Å². The molecule has 1 aromatic carbocycles. The van der Waals surface area contributed by atoms with Crippen LogP contribution in [-0.4, -0.2) is 31.4 Å². The number of hydrogen-bond acceptors (Lipinski definition) is 3. The zero-order chi connectivity index (χ0) is 13.8. The summed E-state index contributed by atoms with van der Waals surface area (Å²) in [6, 6.07) is 4.99. The maximum Gasteiger partial charge on any atom is 0.165 e. The average molecular weight is 265 g/mol. The Balaban J connectivity index is 1.93. The zero-order valence-electron chi connectivity index (χ0n) is 11.5. The minimum Gasteiger partial charge on any atom is -0.494 e. The molecule has 4 heteroatoms. The van der Waals surface area contributed by atoms with E-state index >= 15 is 0 Å². The second-order valence-electron chi connectivity index (χ2n) is 5.22. The van der Waals surface area contributed by atoms with Crippen LogP contribution in [-0.2, 0) is 11.3 Å². The van der Waals surface area contributed by atoms with E-state index in [1.807, 2.05) is 13.1 Å². The number of methoxy groups -OCH3 is 1. The van der Waals surface area contributed by atoms with Gasteiger partial charge in [-0.2, -0.15) is 0 Å². The molecule has 1 fully saturated rings. The number of hydrogen-bond donors (Lipinski definition) is 0. The topological polar surface area (TPSA) is 29.5 Å². The first-order chi connectivity index (χ1) is 9.10. The van der Waals surface area contributed by atoms with Crippen molar-refractivity contribution in [3.05, 3.63) is 29.6 Å². The summed E-state index contributed by atoms with van der Waals surface area (Å²) >= 11 is 0. The van der Waals surface area contributed by atoms with Gasteiger partial charge in [0, 0.05) is 25.4 Å². The molecule has 0 heterocycles. The summed E-state index contributed by atoms with van der Waals surface area (Å²) in [7, 11) is 3.42. The fraction of sp³-hybridized carbons (Fsp3) is 0.533. The minimum atomic E-state index is -0.342. The molecule has 0 saturated heterocycles. The Morgan fingerprint density at radius 2 is 2.26 bits per heavy atom. The van der Waals surface area contributed by atoms with Gasteiger partial charge in [0.2, 0.25) is 0 Å². The first-order valence-electron chi connectivity index (χ1n) is 6.64. The third-order valence-corrected chi connectivity index (χ3v) is 3.63. The summed E-state index contributed by atoms with van der Waals surface area (Å²) in [6.07, 6.45) is 2.71. The van der Waals surface area contributed by atoms with Crippen LogP contribution in [0.5, 0.6) is 5.75 Å². The maximum atomic E-state index is 13.6. The first-order valence-corrected chi connectivity index (χ1v) is 6.64. The van der Waals surface area contributed by atoms with E-state index in [-0.39, 0.29) is 17.5 Å². The van der Waals surface area contributed by atoms with Crippen molar-refractivity contribution < 1.29 is 13.9 Å². The Hall–Kier alpha value is -1.42. The van der Waals surface area contributed by atoms with Crippen LogP contribution in [0.1, 0.15) is 24.8 Å². The summed E-state index contributed by atoms with van der Waals surface area (Å²) in [4.78, 5) is 13.7. The van der Waals surface area contributed by atoms with Gasteiger partial charge in [0.15, 0.2) is 11.6 Å². The largest absolute Gasteiger partial charge is 0.494 e. The van der Waals surface area contributed by atoms with Crippen LogP contribution in [0.2, 0.25) is 0 Å². The van der Waals surface area contributed by atoms with Crippen LogP contribution in [0.15, 0.2) is 18.2 Å².